The normalized spacial score (nSPS) is 16.4. The fourth-order valence-corrected chi connectivity index (χ4v) is 2.17. The van der Waals surface area contributed by atoms with E-state index in [1.165, 1.54) is 25.7 Å². The number of hydrogen-bond acceptors (Lipinski definition) is 5. The number of rotatable bonds is 5. The van der Waals surface area contributed by atoms with E-state index in [0.29, 0.717) is 0 Å². The lowest BCUT2D eigenvalue weighted by atomic mass is 10.2. The highest BCUT2D eigenvalue weighted by Crippen LogP contribution is 2.07. The molecule has 0 aromatic rings. The zero-order chi connectivity index (χ0) is 13.9. The van der Waals surface area contributed by atoms with Crippen molar-refractivity contribution in [2.45, 2.75) is 39.5 Å². The first kappa shape index (κ1) is 17.3. The Balaban J connectivity index is 0.000000321. The molecule has 1 saturated heterocycles. The molecule has 1 fully saturated rings. The van der Waals surface area contributed by atoms with Crippen molar-refractivity contribution in [2.24, 2.45) is 0 Å². The fraction of sp³-hybridized carbons (Fsp3) is 0.909. The summed E-state index contributed by atoms with van der Waals surface area (Å²) in [6.07, 6.45) is 5.94. The topological polar surface area (TPSA) is 72.9 Å². The minimum absolute atomic E-state index is 0.113. The van der Waals surface area contributed by atoms with Gasteiger partial charge in [-0.15, -0.1) is 0 Å². The van der Waals surface area contributed by atoms with Gasteiger partial charge in [-0.3, -0.25) is 4.79 Å². The number of nitrogens with zero attached hydrogens (tertiary/aromatic N) is 1. The number of carbonyl (C=O) groups is 1. The van der Waals surface area contributed by atoms with Crippen LogP contribution in [0.3, 0.4) is 0 Å². The summed E-state index contributed by atoms with van der Waals surface area (Å²) in [5.41, 5.74) is 0. The van der Waals surface area contributed by atoms with E-state index < -0.39 is 10.4 Å². The Morgan fingerprint density at radius 3 is 1.78 bits per heavy atom. The zero-order valence-corrected chi connectivity index (χ0v) is 11.9. The van der Waals surface area contributed by atoms with Gasteiger partial charge in [-0.1, -0.05) is 12.8 Å². The van der Waals surface area contributed by atoms with Crippen LogP contribution >= 0.6 is 0 Å². The summed E-state index contributed by atoms with van der Waals surface area (Å²) >= 11 is 0. The molecule has 0 atom stereocenters. The van der Waals surface area contributed by atoms with Crippen molar-refractivity contribution in [1.82, 2.24) is 4.90 Å². The van der Waals surface area contributed by atoms with Crippen LogP contribution in [0.2, 0.25) is 0 Å². The number of likely N-dealkylation sites (tertiary alicyclic amines) is 1. The molecule has 0 saturated carbocycles. The van der Waals surface area contributed by atoms with Crippen LogP contribution in [0.15, 0.2) is 0 Å². The second kappa shape index (κ2) is 10.3. The number of carbonyl (C=O) groups excluding carboxylic acids is 1. The predicted molar refractivity (Wildman–Crippen MR) is 68.3 cm³/mol. The molecular weight excluding hydrogens is 258 g/mol. The molecule has 0 aromatic heterocycles. The summed E-state index contributed by atoms with van der Waals surface area (Å²) in [7, 11) is -3.68. The highest BCUT2D eigenvalue weighted by Gasteiger charge is 2.07. The molecule has 18 heavy (non-hydrogen) atoms. The average molecular weight is 281 g/mol. The summed E-state index contributed by atoms with van der Waals surface area (Å²) in [5.74, 6) is 0. The van der Waals surface area contributed by atoms with Crippen LogP contribution in [0.5, 0.6) is 0 Å². The van der Waals surface area contributed by atoms with Gasteiger partial charge < -0.3 is 4.90 Å². The van der Waals surface area contributed by atoms with Crippen LogP contribution in [0, 0.1) is 0 Å². The van der Waals surface area contributed by atoms with Gasteiger partial charge in [0.2, 0.25) is 6.41 Å². The Hall–Kier alpha value is -0.660. The highest BCUT2D eigenvalue weighted by molar-refractivity contribution is 7.81. The first-order chi connectivity index (χ1) is 8.55. The van der Waals surface area contributed by atoms with E-state index in [9.17, 15) is 13.2 Å². The standard InChI is InChI=1S/C7H13NO.C4H10O4S/c9-7-8-5-3-1-2-4-6-8;1-3-7-9(5,6)8-4-2/h7H,1-6H2;3-4H2,1-2H3. The van der Waals surface area contributed by atoms with E-state index in [1.54, 1.807) is 13.8 Å². The SMILES string of the molecule is CCOS(=O)(=O)OCC.O=CN1CCCCCC1. The van der Waals surface area contributed by atoms with Crippen molar-refractivity contribution >= 4 is 16.8 Å². The van der Waals surface area contributed by atoms with Crippen LogP contribution in [0.4, 0.5) is 0 Å². The molecule has 1 rings (SSSR count). The van der Waals surface area contributed by atoms with Gasteiger partial charge in [0, 0.05) is 13.1 Å². The number of amides is 1. The molecule has 0 bridgehead atoms. The van der Waals surface area contributed by atoms with E-state index in [2.05, 4.69) is 8.37 Å². The van der Waals surface area contributed by atoms with Gasteiger partial charge >= 0.3 is 10.4 Å². The van der Waals surface area contributed by atoms with E-state index in [0.717, 1.165) is 19.5 Å². The maximum absolute atomic E-state index is 10.4. The molecule has 1 amide bonds. The largest absolute Gasteiger partial charge is 0.399 e. The third-order valence-electron chi connectivity index (χ3n) is 2.31. The Bertz CT molecular complexity index is 285. The fourth-order valence-electron chi connectivity index (χ4n) is 1.52. The molecule has 6 nitrogen and oxygen atoms in total. The molecule has 0 spiro atoms. The second-order valence-electron chi connectivity index (χ2n) is 3.78. The quantitative estimate of drug-likeness (QED) is 0.711. The van der Waals surface area contributed by atoms with Crippen LogP contribution in [0.25, 0.3) is 0 Å². The lowest BCUT2D eigenvalue weighted by molar-refractivity contribution is -0.118. The van der Waals surface area contributed by atoms with E-state index in [4.69, 9.17) is 0 Å². The Kier molecular flexibility index (Phi) is 9.90. The third-order valence-corrected chi connectivity index (χ3v) is 3.36. The Morgan fingerprint density at radius 2 is 1.44 bits per heavy atom. The highest BCUT2D eigenvalue weighted by atomic mass is 32.3. The van der Waals surface area contributed by atoms with Crippen molar-refractivity contribution in [3.63, 3.8) is 0 Å². The first-order valence-electron chi connectivity index (χ1n) is 6.28. The van der Waals surface area contributed by atoms with Crippen molar-refractivity contribution < 1.29 is 21.6 Å². The van der Waals surface area contributed by atoms with Gasteiger partial charge in [0.25, 0.3) is 0 Å². The smallest absolute Gasteiger partial charge is 0.345 e. The monoisotopic (exact) mass is 281 g/mol. The summed E-state index contributed by atoms with van der Waals surface area (Å²) in [6, 6.07) is 0. The van der Waals surface area contributed by atoms with Gasteiger partial charge in [0.1, 0.15) is 0 Å². The molecule has 0 unspecified atom stereocenters. The van der Waals surface area contributed by atoms with Gasteiger partial charge in [0.15, 0.2) is 0 Å². The number of hydrogen-bond donors (Lipinski definition) is 0. The first-order valence-corrected chi connectivity index (χ1v) is 7.62. The average Bonchev–Trinajstić information content (AvgIpc) is 2.57. The molecule has 1 aliphatic heterocycles. The molecule has 1 heterocycles. The maximum Gasteiger partial charge on any atom is 0.399 e. The lowest BCUT2D eigenvalue weighted by Gasteiger charge is -2.11. The summed E-state index contributed by atoms with van der Waals surface area (Å²) in [6.45, 7) is 5.34. The predicted octanol–water partition coefficient (Wildman–Crippen LogP) is 1.32. The molecule has 0 aromatic carbocycles. The molecule has 1 aliphatic rings. The Labute approximate surface area is 110 Å². The van der Waals surface area contributed by atoms with Crippen LogP contribution in [0.1, 0.15) is 39.5 Å². The molecule has 7 heteroatoms. The van der Waals surface area contributed by atoms with E-state index in [-0.39, 0.29) is 13.2 Å². The lowest BCUT2D eigenvalue weighted by Crippen LogP contribution is -2.22. The molecule has 0 radical (unpaired) electrons. The summed E-state index contributed by atoms with van der Waals surface area (Å²) in [5, 5.41) is 0. The molecular formula is C11H23NO5S. The Morgan fingerprint density at radius 1 is 1.00 bits per heavy atom. The van der Waals surface area contributed by atoms with Gasteiger partial charge in [0.05, 0.1) is 13.2 Å². The van der Waals surface area contributed by atoms with Gasteiger partial charge in [-0.2, -0.15) is 8.42 Å². The van der Waals surface area contributed by atoms with E-state index >= 15 is 0 Å². The molecule has 0 aliphatic carbocycles. The second-order valence-corrected chi connectivity index (χ2v) is 5.06. The van der Waals surface area contributed by atoms with Crippen molar-refractivity contribution in [2.75, 3.05) is 26.3 Å². The molecule has 0 N–H and O–H groups in total. The summed E-state index contributed by atoms with van der Waals surface area (Å²) < 4.78 is 29.2. The van der Waals surface area contributed by atoms with Crippen LogP contribution in [-0.4, -0.2) is 46.0 Å². The van der Waals surface area contributed by atoms with Gasteiger partial charge in [-0.25, -0.2) is 8.37 Å². The molecule has 108 valence electrons. The minimum Gasteiger partial charge on any atom is -0.345 e. The maximum atomic E-state index is 10.4. The van der Waals surface area contributed by atoms with E-state index in [1.807, 2.05) is 4.90 Å². The van der Waals surface area contributed by atoms with Crippen LogP contribution in [-0.2, 0) is 23.6 Å². The van der Waals surface area contributed by atoms with Gasteiger partial charge in [-0.05, 0) is 26.7 Å². The van der Waals surface area contributed by atoms with Crippen molar-refractivity contribution in [1.29, 1.82) is 0 Å². The zero-order valence-electron chi connectivity index (χ0n) is 11.1. The van der Waals surface area contributed by atoms with Crippen molar-refractivity contribution in [3.8, 4) is 0 Å². The third kappa shape index (κ3) is 9.38. The minimum atomic E-state index is -3.68. The summed E-state index contributed by atoms with van der Waals surface area (Å²) in [4.78, 5) is 12.1. The van der Waals surface area contributed by atoms with Crippen molar-refractivity contribution in [3.05, 3.63) is 0 Å². The van der Waals surface area contributed by atoms with Crippen LogP contribution < -0.4 is 0 Å².